The van der Waals surface area contributed by atoms with Crippen molar-refractivity contribution in [1.82, 2.24) is 0 Å². The summed E-state index contributed by atoms with van der Waals surface area (Å²) < 4.78 is 22.1. The number of aliphatic imine (C=N–C) groups is 1. The van der Waals surface area contributed by atoms with Crippen LogP contribution in [-0.2, 0) is 19.1 Å². The van der Waals surface area contributed by atoms with E-state index in [0.717, 1.165) is 5.71 Å². The van der Waals surface area contributed by atoms with Crippen molar-refractivity contribution in [3.8, 4) is 11.5 Å². The number of carbonyl (C=O) groups is 2. The smallest absolute Gasteiger partial charge is 0.336 e. The Bertz CT molecular complexity index is 966. The van der Waals surface area contributed by atoms with E-state index >= 15 is 0 Å². The third kappa shape index (κ3) is 5.28. The Morgan fingerprint density at radius 2 is 1.94 bits per heavy atom. The molecule has 1 aromatic rings. The van der Waals surface area contributed by atoms with Gasteiger partial charge in [-0.3, -0.25) is 9.79 Å². The lowest BCUT2D eigenvalue weighted by Crippen LogP contribution is -2.44. The van der Waals surface area contributed by atoms with E-state index in [4.69, 9.17) is 29.7 Å². The highest BCUT2D eigenvalue weighted by molar-refractivity contribution is 6.12. The van der Waals surface area contributed by atoms with Crippen LogP contribution in [0, 0.1) is 11.3 Å². The molecule has 1 fully saturated rings. The molecule has 0 bridgehead atoms. The zero-order chi connectivity index (χ0) is 24.2. The first kappa shape index (κ1) is 24.9. The first-order chi connectivity index (χ1) is 15.8. The van der Waals surface area contributed by atoms with Gasteiger partial charge in [-0.15, -0.1) is 0 Å². The Morgan fingerprint density at radius 1 is 1.18 bits per heavy atom. The van der Waals surface area contributed by atoms with Gasteiger partial charge < -0.3 is 24.7 Å². The first-order valence-corrected chi connectivity index (χ1v) is 11.3. The van der Waals surface area contributed by atoms with Crippen LogP contribution in [0.2, 0.25) is 0 Å². The number of ketones is 1. The number of hydrogen-bond donors (Lipinski definition) is 1. The first-order valence-electron chi connectivity index (χ1n) is 11.3. The fourth-order valence-electron chi connectivity index (χ4n) is 4.72. The maximum absolute atomic E-state index is 13.5. The minimum absolute atomic E-state index is 0.0524. The number of hydrogen-bond acceptors (Lipinski definition) is 8. The molecule has 2 atom stereocenters. The van der Waals surface area contributed by atoms with Crippen LogP contribution in [0.25, 0.3) is 0 Å². The predicted octanol–water partition coefficient (Wildman–Crippen LogP) is 3.04. The molecule has 0 amide bonds. The number of fused-ring (bicyclic) bond motifs is 1. The van der Waals surface area contributed by atoms with Crippen LogP contribution in [0.3, 0.4) is 0 Å². The van der Waals surface area contributed by atoms with E-state index in [1.165, 1.54) is 0 Å². The molecule has 1 heterocycles. The van der Waals surface area contributed by atoms with Crippen LogP contribution in [-0.4, -0.2) is 58.0 Å². The topological polar surface area (TPSA) is 109 Å². The average molecular weight is 459 g/mol. The van der Waals surface area contributed by atoms with Gasteiger partial charge in [0.15, 0.2) is 0 Å². The van der Waals surface area contributed by atoms with Crippen molar-refractivity contribution in [1.29, 1.82) is 0 Å². The van der Waals surface area contributed by atoms with Crippen molar-refractivity contribution in [2.75, 3.05) is 40.6 Å². The average Bonchev–Trinajstić information content (AvgIpc) is 2.77. The minimum atomic E-state index is -0.600. The Morgan fingerprint density at radius 3 is 2.58 bits per heavy atom. The summed E-state index contributed by atoms with van der Waals surface area (Å²) in [5, 5.41) is 0. The third-order valence-corrected chi connectivity index (χ3v) is 6.02. The molecular formula is C25H34N2O6. The molecule has 1 saturated carbocycles. The molecule has 1 aliphatic heterocycles. The lowest BCUT2D eigenvalue weighted by molar-refractivity contribution is -0.139. The predicted molar refractivity (Wildman–Crippen MR) is 125 cm³/mol. The van der Waals surface area contributed by atoms with E-state index in [-0.39, 0.29) is 24.4 Å². The van der Waals surface area contributed by atoms with Gasteiger partial charge in [-0.2, -0.15) is 0 Å². The summed E-state index contributed by atoms with van der Waals surface area (Å²) in [5.74, 6) is -0.481. The third-order valence-electron chi connectivity index (χ3n) is 6.02. The standard InChI is InChI=1S/C25H34N2O6/c1-6-33-24(29)23-18(14-32-10-9-26)27-17-12-25(2,3)13-19(28)22(17)21(23)16-8-7-15(30-4)11-20(16)31-5/h7-8,11,21-22H,6,9-10,12-14,26H2,1-5H3. The number of ether oxygens (including phenoxy) is 4. The number of carbonyl (C=O) groups excluding carboxylic acids is 2. The van der Waals surface area contributed by atoms with Crippen LogP contribution in [0.4, 0.5) is 0 Å². The Balaban J connectivity index is 2.24. The second kappa shape index (κ2) is 10.5. The van der Waals surface area contributed by atoms with Gasteiger partial charge in [0.25, 0.3) is 0 Å². The number of Topliss-reactive ketones (excluding diaryl/α,β-unsaturated/α-hetero) is 1. The molecule has 2 aliphatic rings. The van der Waals surface area contributed by atoms with Crippen LogP contribution in [0.1, 0.15) is 45.1 Å². The summed E-state index contributed by atoms with van der Waals surface area (Å²) in [7, 11) is 3.13. The molecule has 2 N–H and O–H groups in total. The second-order valence-corrected chi connectivity index (χ2v) is 9.07. The molecule has 1 aliphatic carbocycles. The highest BCUT2D eigenvalue weighted by atomic mass is 16.5. The van der Waals surface area contributed by atoms with E-state index in [1.54, 1.807) is 33.3 Å². The van der Waals surface area contributed by atoms with Gasteiger partial charge in [0.1, 0.15) is 17.3 Å². The fourth-order valence-corrected chi connectivity index (χ4v) is 4.72. The molecule has 33 heavy (non-hydrogen) atoms. The Kier molecular flexibility index (Phi) is 7.92. The van der Waals surface area contributed by atoms with Gasteiger partial charge in [-0.1, -0.05) is 19.9 Å². The van der Waals surface area contributed by atoms with Gasteiger partial charge >= 0.3 is 5.97 Å². The zero-order valence-corrected chi connectivity index (χ0v) is 20.1. The summed E-state index contributed by atoms with van der Waals surface area (Å²) in [4.78, 5) is 31.5. The summed E-state index contributed by atoms with van der Waals surface area (Å²) >= 11 is 0. The highest BCUT2D eigenvalue weighted by Crippen LogP contribution is 2.49. The molecule has 0 spiro atoms. The van der Waals surface area contributed by atoms with E-state index < -0.39 is 17.8 Å². The molecule has 8 nitrogen and oxygen atoms in total. The molecule has 8 heteroatoms. The lowest BCUT2D eigenvalue weighted by atomic mass is 9.63. The van der Waals surface area contributed by atoms with Gasteiger partial charge in [0, 0.05) is 36.2 Å². The number of nitrogens with two attached hydrogens (primary N) is 1. The van der Waals surface area contributed by atoms with Crippen molar-refractivity contribution in [3.05, 3.63) is 35.0 Å². The van der Waals surface area contributed by atoms with Crippen LogP contribution >= 0.6 is 0 Å². The molecular weight excluding hydrogens is 424 g/mol. The number of methoxy groups -OCH3 is 2. The summed E-state index contributed by atoms with van der Waals surface area (Å²) in [6.45, 7) is 6.85. The SMILES string of the molecule is CCOC(=O)C1=C(COCCN)N=C2CC(C)(C)CC(=O)C2C1c1ccc(OC)cc1OC. The summed E-state index contributed by atoms with van der Waals surface area (Å²) in [6, 6.07) is 5.40. The number of nitrogens with zero attached hydrogens (tertiary/aromatic N) is 1. The fraction of sp³-hybridized carbons (Fsp3) is 0.560. The van der Waals surface area contributed by atoms with Crippen molar-refractivity contribution < 1.29 is 28.5 Å². The maximum atomic E-state index is 13.5. The van der Waals surface area contributed by atoms with Gasteiger partial charge in [0.2, 0.25) is 0 Å². The highest BCUT2D eigenvalue weighted by Gasteiger charge is 2.49. The van der Waals surface area contributed by atoms with Crippen molar-refractivity contribution in [3.63, 3.8) is 0 Å². The minimum Gasteiger partial charge on any atom is -0.497 e. The largest absolute Gasteiger partial charge is 0.497 e. The summed E-state index contributed by atoms with van der Waals surface area (Å²) in [5.41, 5.74) is 7.65. The number of benzene rings is 1. The van der Waals surface area contributed by atoms with E-state index in [0.29, 0.717) is 54.3 Å². The van der Waals surface area contributed by atoms with E-state index in [1.807, 2.05) is 6.07 Å². The Hall–Kier alpha value is -2.71. The van der Waals surface area contributed by atoms with E-state index in [9.17, 15) is 9.59 Å². The normalized spacial score (nSPS) is 21.9. The molecule has 3 rings (SSSR count). The number of esters is 1. The second-order valence-electron chi connectivity index (χ2n) is 9.07. The van der Waals surface area contributed by atoms with Crippen LogP contribution in [0.15, 0.2) is 34.5 Å². The quantitative estimate of drug-likeness (QED) is 0.447. The molecule has 0 aromatic heterocycles. The van der Waals surface area contributed by atoms with Gasteiger partial charge in [0.05, 0.1) is 51.2 Å². The lowest BCUT2D eigenvalue weighted by Gasteiger charge is -2.41. The molecule has 0 saturated heterocycles. The number of rotatable bonds is 9. The van der Waals surface area contributed by atoms with E-state index in [2.05, 4.69) is 13.8 Å². The zero-order valence-electron chi connectivity index (χ0n) is 20.1. The maximum Gasteiger partial charge on any atom is 0.336 e. The van der Waals surface area contributed by atoms with Gasteiger partial charge in [-0.25, -0.2) is 4.79 Å². The van der Waals surface area contributed by atoms with Crippen LogP contribution < -0.4 is 15.2 Å². The van der Waals surface area contributed by atoms with Gasteiger partial charge in [-0.05, 0) is 24.8 Å². The monoisotopic (exact) mass is 458 g/mol. The Labute approximate surface area is 195 Å². The molecule has 180 valence electrons. The van der Waals surface area contributed by atoms with Crippen molar-refractivity contribution >= 4 is 17.5 Å². The van der Waals surface area contributed by atoms with Crippen molar-refractivity contribution in [2.45, 2.75) is 39.5 Å². The molecule has 0 radical (unpaired) electrons. The molecule has 1 aromatic carbocycles. The van der Waals surface area contributed by atoms with Crippen molar-refractivity contribution in [2.24, 2.45) is 22.1 Å². The molecule has 2 unspecified atom stereocenters. The summed E-state index contributed by atoms with van der Waals surface area (Å²) in [6.07, 6.45) is 1.05. The van der Waals surface area contributed by atoms with Crippen LogP contribution in [0.5, 0.6) is 11.5 Å².